The molecule has 2 N–H and O–H groups in total. The van der Waals surface area contributed by atoms with Crippen molar-refractivity contribution in [3.8, 4) is 11.1 Å². The van der Waals surface area contributed by atoms with Gasteiger partial charge in [-0.1, -0.05) is 80.6 Å². The number of carbonyl (C=O) groups is 4. The summed E-state index contributed by atoms with van der Waals surface area (Å²) in [6.45, 7) is 4.37. The fraction of sp³-hybridized carbons (Fsp3) is 0.290. The van der Waals surface area contributed by atoms with Crippen molar-refractivity contribution in [2.45, 2.75) is 39.3 Å². The molecule has 0 radical (unpaired) electrons. The number of nitrogens with one attached hydrogen (secondary N) is 1. The van der Waals surface area contributed by atoms with Gasteiger partial charge in [-0.3, -0.25) is 14.5 Å². The van der Waals surface area contributed by atoms with Crippen LogP contribution in [0.25, 0.3) is 11.1 Å². The van der Waals surface area contributed by atoms with E-state index in [1.807, 2.05) is 74.5 Å². The van der Waals surface area contributed by atoms with Gasteiger partial charge in [0.1, 0.15) is 6.04 Å². The zero-order valence-corrected chi connectivity index (χ0v) is 22.2. The molecule has 0 aliphatic carbocycles. The van der Waals surface area contributed by atoms with E-state index in [0.29, 0.717) is 17.5 Å². The summed E-state index contributed by atoms with van der Waals surface area (Å²) in [4.78, 5) is 54.2. The predicted molar refractivity (Wildman–Crippen MR) is 148 cm³/mol. The molecular formula is C31H33N3O5. The second-order valence-electron chi connectivity index (χ2n) is 10.1. The van der Waals surface area contributed by atoms with Crippen LogP contribution in [0.2, 0.25) is 0 Å². The Bertz CT molecular complexity index is 1340. The van der Waals surface area contributed by atoms with E-state index >= 15 is 0 Å². The number of hydrogen-bond acceptors (Lipinski definition) is 4. The van der Waals surface area contributed by atoms with Crippen LogP contribution < -0.4 is 5.32 Å². The first-order chi connectivity index (χ1) is 18.8. The number of carboxylic acid groups (broad SMARTS) is 1. The van der Waals surface area contributed by atoms with E-state index in [9.17, 15) is 24.3 Å². The van der Waals surface area contributed by atoms with Crippen LogP contribution in [0.4, 0.5) is 4.79 Å². The van der Waals surface area contributed by atoms with Crippen LogP contribution in [-0.4, -0.2) is 57.9 Å². The van der Waals surface area contributed by atoms with Gasteiger partial charge in [0.15, 0.2) is 0 Å². The van der Waals surface area contributed by atoms with E-state index < -0.39 is 29.9 Å². The summed E-state index contributed by atoms with van der Waals surface area (Å²) in [5, 5.41) is 12.9. The number of benzene rings is 3. The number of fused-ring (bicyclic) bond motifs is 1. The number of carboxylic acids is 1. The molecule has 4 amide bonds. The van der Waals surface area contributed by atoms with Crippen LogP contribution in [0, 0.1) is 5.92 Å². The third kappa shape index (κ3) is 6.52. The van der Waals surface area contributed by atoms with Crippen molar-refractivity contribution >= 4 is 23.8 Å². The van der Waals surface area contributed by atoms with Crippen molar-refractivity contribution in [2.75, 3.05) is 13.1 Å². The first kappa shape index (κ1) is 27.6. The number of aliphatic carboxylic acids is 1. The molecule has 1 atom stereocenters. The molecule has 3 aromatic rings. The Morgan fingerprint density at radius 2 is 1.49 bits per heavy atom. The maximum atomic E-state index is 13.2. The second-order valence-corrected chi connectivity index (χ2v) is 10.1. The van der Waals surface area contributed by atoms with Gasteiger partial charge in [0.2, 0.25) is 0 Å². The van der Waals surface area contributed by atoms with E-state index in [1.54, 1.807) is 18.2 Å². The standard InChI is InChI=1S/C31H33N3O5/c1-21(2)15-17-33(31(39)32-20-22-9-5-3-6-10-22)27(30(37)38)16-18-34-28(35)25-14-13-24(19-26(25)29(34)36)23-11-7-4-8-12-23/h3-14,19,21,27H,15-18,20H2,1-2H3,(H,32,39)(H,37,38). The van der Waals surface area contributed by atoms with Crippen molar-refractivity contribution in [1.29, 1.82) is 0 Å². The summed E-state index contributed by atoms with van der Waals surface area (Å²) in [5.74, 6) is -1.85. The fourth-order valence-corrected chi connectivity index (χ4v) is 4.64. The number of rotatable bonds is 11. The number of hydrogen-bond donors (Lipinski definition) is 2. The molecule has 8 nitrogen and oxygen atoms in total. The zero-order valence-electron chi connectivity index (χ0n) is 22.2. The smallest absolute Gasteiger partial charge is 0.326 e. The molecule has 1 heterocycles. The number of nitrogens with zero attached hydrogens (tertiary/aromatic N) is 2. The van der Waals surface area contributed by atoms with Gasteiger partial charge in [0, 0.05) is 19.6 Å². The molecule has 0 saturated heterocycles. The van der Waals surface area contributed by atoms with Crippen LogP contribution in [0.5, 0.6) is 0 Å². The van der Waals surface area contributed by atoms with Crippen LogP contribution >= 0.6 is 0 Å². The Balaban J connectivity index is 1.49. The Morgan fingerprint density at radius 1 is 0.846 bits per heavy atom. The lowest BCUT2D eigenvalue weighted by molar-refractivity contribution is -0.142. The van der Waals surface area contributed by atoms with Gasteiger partial charge in [0.25, 0.3) is 11.8 Å². The maximum Gasteiger partial charge on any atom is 0.326 e. The lowest BCUT2D eigenvalue weighted by Crippen LogP contribution is -2.51. The van der Waals surface area contributed by atoms with E-state index in [2.05, 4.69) is 5.32 Å². The van der Waals surface area contributed by atoms with Crippen LogP contribution in [-0.2, 0) is 11.3 Å². The van der Waals surface area contributed by atoms with Gasteiger partial charge in [-0.05, 0) is 47.6 Å². The average Bonchev–Trinajstić information content (AvgIpc) is 3.18. The molecule has 0 bridgehead atoms. The van der Waals surface area contributed by atoms with E-state index in [0.717, 1.165) is 21.6 Å². The molecule has 39 heavy (non-hydrogen) atoms. The molecule has 0 saturated carbocycles. The van der Waals surface area contributed by atoms with Gasteiger partial charge < -0.3 is 15.3 Å². The third-order valence-electron chi connectivity index (χ3n) is 6.86. The number of carbonyl (C=O) groups excluding carboxylic acids is 3. The van der Waals surface area contributed by atoms with Gasteiger partial charge in [-0.15, -0.1) is 0 Å². The van der Waals surface area contributed by atoms with Crippen LogP contribution in [0.1, 0.15) is 53.0 Å². The Hall–Kier alpha value is -4.46. The van der Waals surface area contributed by atoms with E-state index in [1.165, 1.54) is 4.90 Å². The molecule has 1 aliphatic heterocycles. The molecule has 0 spiro atoms. The summed E-state index contributed by atoms with van der Waals surface area (Å²) < 4.78 is 0. The normalized spacial score (nSPS) is 13.4. The molecule has 8 heteroatoms. The Labute approximate surface area is 228 Å². The van der Waals surface area contributed by atoms with Gasteiger partial charge in [-0.25, -0.2) is 9.59 Å². The summed E-state index contributed by atoms with van der Waals surface area (Å²) in [7, 11) is 0. The van der Waals surface area contributed by atoms with Crippen molar-refractivity contribution in [1.82, 2.24) is 15.1 Å². The summed E-state index contributed by atoms with van der Waals surface area (Å²) in [6, 6.07) is 22.3. The van der Waals surface area contributed by atoms with Gasteiger partial charge in [-0.2, -0.15) is 0 Å². The van der Waals surface area contributed by atoms with Gasteiger partial charge in [0.05, 0.1) is 11.1 Å². The number of amides is 4. The largest absolute Gasteiger partial charge is 0.480 e. The van der Waals surface area contributed by atoms with E-state index in [-0.39, 0.29) is 32.0 Å². The third-order valence-corrected chi connectivity index (χ3v) is 6.86. The molecule has 4 rings (SSSR count). The first-order valence-corrected chi connectivity index (χ1v) is 13.1. The Morgan fingerprint density at radius 3 is 2.13 bits per heavy atom. The van der Waals surface area contributed by atoms with Crippen molar-refractivity contribution in [3.63, 3.8) is 0 Å². The second kappa shape index (κ2) is 12.4. The van der Waals surface area contributed by atoms with Crippen molar-refractivity contribution in [3.05, 3.63) is 95.6 Å². The van der Waals surface area contributed by atoms with E-state index in [4.69, 9.17) is 0 Å². The molecule has 3 aromatic carbocycles. The van der Waals surface area contributed by atoms with Crippen molar-refractivity contribution < 1.29 is 24.3 Å². The van der Waals surface area contributed by atoms with Crippen LogP contribution in [0.15, 0.2) is 78.9 Å². The monoisotopic (exact) mass is 527 g/mol. The molecule has 202 valence electrons. The lowest BCUT2D eigenvalue weighted by Gasteiger charge is -2.30. The molecule has 0 aromatic heterocycles. The summed E-state index contributed by atoms with van der Waals surface area (Å²) >= 11 is 0. The first-order valence-electron chi connectivity index (χ1n) is 13.1. The minimum Gasteiger partial charge on any atom is -0.480 e. The highest BCUT2D eigenvalue weighted by molar-refractivity contribution is 6.21. The number of imide groups is 1. The highest BCUT2D eigenvalue weighted by Crippen LogP contribution is 2.29. The Kier molecular flexibility index (Phi) is 8.76. The highest BCUT2D eigenvalue weighted by atomic mass is 16.4. The lowest BCUT2D eigenvalue weighted by atomic mass is 10.0. The predicted octanol–water partition coefficient (Wildman–Crippen LogP) is 5.05. The minimum absolute atomic E-state index is 0.0802. The highest BCUT2D eigenvalue weighted by Gasteiger charge is 2.38. The summed E-state index contributed by atoms with van der Waals surface area (Å²) in [6.07, 6.45) is 0.529. The molecule has 1 unspecified atom stereocenters. The van der Waals surface area contributed by atoms with Crippen molar-refractivity contribution in [2.24, 2.45) is 5.92 Å². The molecule has 0 fully saturated rings. The average molecular weight is 528 g/mol. The minimum atomic E-state index is -1.20. The van der Waals surface area contributed by atoms with Crippen LogP contribution in [0.3, 0.4) is 0 Å². The SMILES string of the molecule is CC(C)CCN(C(=O)NCc1ccccc1)C(CCN1C(=O)c2ccc(-c3ccccc3)cc2C1=O)C(=O)O. The fourth-order valence-electron chi connectivity index (χ4n) is 4.64. The topological polar surface area (TPSA) is 107 Å². The van der Waals surface area contributed by atoms with Gasteiger partial charge >= 0.3 is 12.0 Å². The molecule has 1 aliphatic rings. The number of urea groups is 1. The molecular weight excluding hydrogens is 494 g/mol. The summed E-state index contributed by atoms with van der Waals surface area (Å²) in [5.41, 5.74) is 3.22. The maximum absolute atomic E-state index is 13.2. The quantitative estimate of drug-likeness (QED) is 0.339. The zero-order chi connectivity index (χ0) is 27.9.